The van der Waals surface area contributed by atoms with Gasteiger partial charge in [-0.05, 0) is 54.1 Å². The molecule has 3 unspecified atom stereocenters. The maximum Gasteiger partial charge on any atom is 0.127 e. The summed E-state index contributed by atoms with van der Waals surface area (Å²) in [5, 5.41) is 0. The zero-order valence-electron chi connectivity index (χ0n) is 22.7. The topological polar surface area (TPSA) is 15.7 Å². The molecule has 5 rings (SSSR count). The first kappa shape index (κ1) is 26.4. The predicted octanol–water partition coefficient (Wildman–Crippen LogP) is 7.06. The Bertz CT molecular complexity index is 1250. The Morgan fingerprint density at radius 2 is 2.08 bits per heavy atom. The molecule has 0 saturated carbocycles. The maximum atomic E-state index is 14.8. The molecule has 0 aromatic heterocycles. The molecule has 0 radical (unpaired) electrons. The lowest BCUT2D eigenvalue weighted by Gasteiger charge is -2.40. The van der Waals surface area contributed by atoms with E-state index in [1.54, 1.807) is 12.2 Å². The monoisotopic (exact) mass is 516 g/mol. The quantitative estimate of drug-likeness (QED) is 0.254. The van der Waals surface area contributed by atoms with Crippen LogP contribution in [0.15, 0.2) is 119 Å². The van der Waals surface area contributed by atoms with E-state index in [0.29, 0.717) is 30.4 Å². The molecular weight excluding hydrogens is 478 g/mol. The van der Waals surface area contributed by atoms with Gasteiger partial charge in [-0.15, -0.1) is 0 Å². The predicted molar refractivity (Wildman–Crippen MR) is 152 cm³/mol. The molecule has 0 spiro atoms. The molecule has 2 heterocycles. The van der Waals surface area contributed by atoms with Crippen LogP contribution in [0.3, 0.4) is 0 Å². The molecule has 0 aromatic carbocycles. The number of rotatable bonds is 8. The summed E-state index contributed by atoms with van der Waals surface area (Å²) in [6.45, 7) is 10.4. The van der Waals surface area contributed by atoms with Crippen molar-refractivity contribution >= 4 is 0 Å². The number of hydrogen-bond donors (Lipinski definition) is 0. The van der Waals surface area contributed by atoms with Crippen LogP contribution >= 0.6 is 0 Å². The Hall–Kier alpha value is -3.18. The first-order valence-corrected chi connectivity index (χ1v) is 13.7. The molecule has 0 N–H and O–H groups in total. The smallest absolute Gasteiger partial charge is 0.127 e. The van der Waals surface area contributed by atoms with Gasteiger partial charge < -0.3 is 9.64 Å². The first-order valence-electron chi connectivity index (χ1n) is 13.7. The Kier molecular flexibility index (Phi) is 7.85. The number of ether oxygens (including phenoxy) is 1. The second kappa shape index (κ2) is 11.3. The molecule has 4 atom stereocenters. The van der Waals surface area contributed by atoms with Crippen molar-refractivity contribution < 1.29 is 13.5 Å². The van der Waals surface area contributed by atoms with Gasteiger partial charge in [0.25, 0.3) is 0 Å². The number of halogens is 2. The summed E-state index contributed by atoms with van der Waals surface area (Å²) in [6, 6.07) is -0.0458. The third-order valence-corrected chi connectivity index (χ3v) is 8.20. The molecule has 0 bridgehead atoms. The molecule has 0 amide bonds. The van der Waals surface area contributed by atoms with Gasteiger partial charge in [-0.3, -0.25) is 4.90 Å². The fourth-order valence-corrected chi connectivity index (χ4v) is 6.33. The Labute approximate surface area is 225 Å². The minimum Gasteiger partial charge on any atom is -0.492 e. The van der Waals surface area contributed by atoms with Crippen molar-refractivity contribution in [3.63, 3.8) is 0 Å². The fourth-order valence-electron chi connectivity index (χ4n) is 6.33. The highest BCUT2D eigenvalue weighted by molar-refractivity contribution is 5.54. The molecule has 5 heteroatoms. The van der Waals surface area contributed by atoms with Crippen LogP contribution < -0.4 is 0 Å². The van der Waals surface area contributed by atoms with Gasteiger partial charge in [-0.1, -0.05) is 74.3 Å². The summed E-state index contributed by atoms with van der Waals surface area (Å²) < 4.78 is 35.9. The van der Waals surface area contributed by atoms with E-state index >= 15 is 0 Å². The number of likely N-dealkylation sites (N-methyl/N-ethyl adjacent to an activating group) is 1. The number of allylic oxidation sites excluding steroid dienone is 13. The lowest BCUT2D eigenvalue weighted by Crippen LogP contribution is -2.45. The van der Waals surface area contributed by atoms with E-state index in [2.05, 4.69) is 48.6 Å². The summed E-state index contributed by atoms with van der Waals surface area (Å²) in [7, 11) is 2.15. The average Bonchev–Trinajstić information content (AvgIpc) is 3.33. The van der Waals surface area contributed by atoms with Gasteiger partial charge in [-0.25, -0.2) is 8.78 Å². The van der Waals surface area contributed by atoms with E-state index in [1.165, 1.54) is 24.3 Å². The van der Waals surface area contributed by atoms with E-state index in [-0.39, 0.29) is 17.8 Å². The lowest BCUT2D eigenvalue weighted by atomic mass is 9.89. The molecule has 0 aromatic rings. The molecule has 38 heavy (non-hydrogen) atoms. The van der Waals surface area contributed by atoms with Crippen molar-refractivity contribution in [1.29, 1.82) is 0 Å². The van der Waals surface area contributed by atoms with Gasteiger partial charge in [0.1, 0.15) is 24.4 Å². The first-order chi connectivity index (χ1) is 18.4. The Morgan fingerprint density at radius 1 is 1.24 bits per heavy atom. The zero-order valence-corrected chi connectivity index (χ0v) is 22.7. The van der Waals surface area contributed by atoms with Crippen LogP contribution in [-0.2, 0) is 4.74 Å². The molecule has 0 saturated heterocycles. The largest absolute Gasteiger partial charge is 0.492 e. The van der Waals surface area contributed by atoms with Gasteiger partial charge in [-0.2, -0.15) is 0 Å². The molecule has 3 nitrogen and oxygen atoms in total. The zero-order chi connectivity index (χ0) is 26.8. The SMILES string of the molecule is C=C/C(=C(/CN1CCC2=C([C@H]1C1=CC3C=CC=C(F)C3=C1)N(C)CC2C)OCC1=CC=CC=CC1)C(C)F. The van der Waals surface area contributed by atoms with Crippen molar-refractivity contribution in [3.8, 4) is 0 Å². The third kappa shape index (κ3) is 5.22. The van der Waals surface area contributed by atoms with E-state index < -0.39 is 6.17 Å². The van der Waals surface area contributed by atoms with E-state index in [1.807, 2.05) is 30.4 Å². The van der Waals surface area contributed by atoms with Crippen molar-refractivity contribution in [1.82, 2.24) is 9.80 Å². The number of alkyl halides is 1. The molecule has 3 aliphatic carbocycles. The van der Waals surface area contributed by atoms with Crippen molar-refractivity contribution in [3.05, 3.63) is 119 Å². The van der Waals surface area contributed by atoms with Crippen LogP contribution in [0.5, 0.6) is 0 Å². The third-order valence-electron chi connectivity index (χ3n) is 8.20. The molecular formula is C33H38F2N2O. The summed E-state index contributed by atoms with van der Waals surface area (Å²) in [4.78, 5) is 4.73. The van der Waals surface area contributed by atoms with Crippen molar-refractivity contribution in [2.45, 2.75) is 38.9 Å². The minimum atomic E-state index is -1.20. The van der Waals surface area contributed by atoms with Crippen LogP contribution in [0.4, 0.5) is 8.78 Å². The summed E-state index contributed by atoms with van der Waals surface area (Å²) in [5.74, 6) is 0.885. The second-order valence-electron chi connectivity index (χ2n) is 10.8. The highest BCUT2D eigenvalue weighted by Gasteiger charge is 2.41. The summed E-state index contributed by atoms with van der Waals surface area (Å²) in [6.07, 6.45) is 21.9. The Morgan fingerprint density at radius 3 is 2.84 bits per heavy atom. The van der Waals surface area contributed by atoms with Crippen LogP contribution in [0, 0.1) is 11.8 Å². The number of fused-ring (bicyclic) bond motifs is 1. The van der Waals surface area contributed by atoms with Crippen LogP contribution in [0.2, 0.25) is 0 Å². The van der Waals surface area contributed by atoms with Gasteiger partial charge >= 0.3 is 0 Å². The van der Waals surface area contributed by atoms with E-state index in [4.69, 9.17) is 4.74 Å². The van der Waals surface area contributed by atoms with Crippen molar-refractivity contribution in [2.24, 2.45) is 11.8 Å². The normalized spacial score (nSPS) is 28.1. The van der Waals surface area contributed by atoms with Crippen molar-refractivity contribution in [2.75, 3.05) is 33.3 Å². The maximum absolute atomic E-state index is 14.8. The van der Waals surface area contributed by atoms with Gasteiger partial charge in [0.2, 0.25) is 0 Å². The highest BCUT2D eigenvalue weighted by Crippen LogP contribution is 2.44. The summed E-state index contributed by atoms with van der Waals surface area (Å²) in [5.41, 5.74) is 6.22. The van der Waals surface area contributed by atoms with E-state index in [0.717, 1.165) is 42.7 Å². The second-order valence-corrected chi connectivity index (χ2v) is 10.8. The van der Waals surface area contributed by atoms with E-state index in [9.17, 15) is 8.78 Å². The molecule has 200 valence electrons. The summed E-state index contributed by atoms with van der Waals surface area (Å²) >= 11 is 0. The van der Waals surface area contributed by atoms with Gasteiger partial charge in [0.15, 0.2) is 0 Å². The minimum absolute atomic E-state index is 0.0453. The van der Waals surface area contributed by atoms with Crippen LogP contribution in [-0.4, -0.2) is 55.3 Å². The fraction of sp³-hybridized carbons (Fsp3) is 0.394. The van der Waals surface area contributed by atoms with Gasteiger partial charge in [0.05, 0.1) is 12.6 Å². The van der Waals surface area contributed by atoms with Crippen LogP contribution in [0.1, 0.15) is 26.7 Å². The highest BCUT2D eigenvalue weighted by atomic mass is 19.1. The molecule has 0 fully saturated rings. The average molecular weight is 517 g/mol. The molecule has 2 aliphatic heterocycles. The van der Waals surface area contributed by atoms with Gasteiger partial charge in [0, 0.05) is 37.3 Å². The molecule has 5 aliphatic rings. The number of hydrogen-bond acceptors (Lipinski definition) is 3. The Balaban J connectivity index is 1.49. The number of nitrogens with zero attached hydrogens (tertiary/aromatic N) is 2. The lowest BCUT2D eigenvalue weighted by molar-refractivity contribution is 0.156. The van der Waals surface area contributed by atoms with Crippen LogP contribution in [0.25, 0.3) is 0 Å². The standard InChI is InChI=1S/C33H38F2N2O/c1-5-27(23(3)34)31(38-21-24-11-8-6-7-9-12-24)20-37-16-15-28-22(2)19-36(4)33(28)32(37)26-17-25-13-10-14-30(35)29(25)18-26/h5-11,13-14,17-18,22-23,25,32H,1,12,15-16,19-21H2,2-4H3/b31-27+/t22?,23?,25?,32-/m1/s1.